The van der Waals surface area contributed by atoms with Crippen LogP contribution in [0.4, 0.5) is 4.79 Å². The largest absolute Gasteiger partial charge is 0.438 e. The normalized spacial score (nSPS) is 43.5. The maximum atomic E-state index is 13.7. The predicted octanol–water partition coefficient (Wildman–Crippen LogP) is 3.76. The molecule has 5 aliphatic rings. The molecule has 0 saturated heterocycles. The highest BCUT2D eigenvalue weighted by atomic mass is 16.6. The van der Waals surface area contributed by atoms with E-state index in [1.807, 2.05) is 25.1 Å². The fourth-order valence-corrected chi connectivity index (χ4v) is 9.34. The van der Waals surface area contributed by atoms with Gasteiger partial charge in [-0.15, -0.1) is 0 Å². The molecule has 0 radical (unpaired) electrons. The summed E-state index contributed by atoms with van der Waals surface area (Å²) >= 11 is 0. The number of rotatable bonds is 3. The minimum atomic E-state index is -2.03. The van der Waals surface area contributed by atoms with Crippen LogP contribution in [0.1, 0.15) is 64.1 Å². The molecule has 5 aliphatic carbocycles. The van der Waals surface area contributed by atoms with Crippen molar-refractivity contribution in [1.82, 2.24) is 4.90 Å². The summed E-state index contributed by atoms with van der Waals surface area (Å²) < 4.78 is 6.14. The average molecular weight is 538 g/mol. The van der Waals surface area contributed by atoms with Crippen LogP contribution in [-0.2, 0) is 11.2 Å². The highest BCUT2D eigenvalue weighted by Gasteiger charge is 2.76. The molecule has 0 aromatic heterocycles. The number of aryl methyl sites for hydroxylation is 1. The molecule has 1 spiro atoms. The van der Waals surface area contributed by atoms with Gasteiger partial charge in [0, 0.05) is 13.0 Å². The minimum Gasteiger partial charge on any atom is -0.438 e. The molecule has 10 atom stereocenters. The summed E-state index contributed by atoms with van der Waals surface area (Å²) in [6.45, 7) is 7.79. The third-order valence-corrected chi connectivity index (χ3v) is 11.5. The Hall–Kier alpha value is -2.19. The van der Waals surface area contributed by atoms with Gasteiger partial charge in [-0.25, -0.2) is 4.79 Å². The molecule has 0 heterocycles. The summed E-state index contributed by atoms with van der Waals surface area (Å²) in [7, 11) is 1.72. The van der Waals surface area contributed by atoms with Gasteiger partial charge in [-0.05, 0) is 78.0 Å². The van der Waals surface area contributed by atoms with Gasteiger partial charge >= 0.3 is 6.09 Å². The zero-order valence-corrected chi connectivity index (χ0v) is 23.7. The van der Waals surface area contributed by atoms with E-state index < -0.39 is 42.0 Å². The van der Waals surface area contributed by atoms with Crippen LogP contribution in [0.5, 0.6) is 0 Å². The Morgan fingerprint density at radius 3 is 2.64 bits per heavy atom. The lowest BCUT2D eigenvalue weighted by molar-refractivity contribution is -0.216. The fourth-order valence-electron chi connectivity index (χ4n) is 9.34. The number of carbonyl (C=O) groups excluding carboxylic acids is 1. The van der Waals surface area contributed by atoms with E-state index in [0.29, 0.717) is 11.5 Å². The van der Waals surface area contributed by atoms with Crippen LogP contribution in [0.25, 0.3) is 0 Å². The Kier molecular flexibility index (Phi) is 6.16. The van der Waals surface area contributed by atoms with E-state index in [-0.39, 0.29) is 34.8 Å². The number of nitrogens with zero attached hydrogens (tertiary/aromatic N) is 1. The molecule has 39 heavy (non-hydrogen) atoms. The molecule has 0 aliphatic heterocycles. The van der Waals surface area contributed by atoms with Crippen molar-refractivity contribution in [3.8, 4) is 0 Å². The molecule has 2 bridgehead atoms. The van der Waals surface area contributed by atoms with Crippen LogP contribution >= 0.6 is 0 Å². The molecule has 1 aromatic rings. The van der Waals surface area contributed by atoms with Crippen molar-refractivity contribution in [2.24, 2.45) is 34.5 Å². The van der Waals surface area contributed by atoms with Gasteiger partial charge in [0.25, 0.3) is 0 Å². The molecular formula is C32H43NO6. The second-order valence-electron chi connectivity index (χ2n) is 13.5. The molecule has 2 saturated carbocycles. The zero-order valence-electron chi connectivity index (χ0n) is 23.7. The molecule has 7 nitrogen and oxygen atoms in total. The lowest BCUT2D eigenvalue weighted by Gasteiger charge is -2.52. The van der Waals surface area contributed by atoms with Crippen molar-refractivity contribution in [3.63, 3.8) is 0 Å². The Morgan fingerprint density at radius 2 is 1.92 bits per heavy atom. The Balaban J connectivity index is 1.38. The van der Waals surface area contributed by atoms with Crippen molar-refractivity contribution < 1.29 is 30.0 Å². The van der Waals surface area contributed by atoms with Gasteiger partial charge in [-0.2, -0.15) is 0 Å². The van der Waals surface area contributed by atoms with E-state index in [4.69, 9.17) is 4.74 Å². The molecule has 212 valence electrons. The third kappa shape index (κ3) is 3.46. The first kappa shape index (κ1) is 27.0. The third-order valence-electron chi connectivity index (χ3n) is 11.5. The maximum Gasteiger partial charge on any atom is 0.410 e. The quantitative estimate of drug-likeness (QED) is 0.437. The van der Waals surface area contributed by atoms with Crippen LogP contribution in [0.2, 0.25) is 0 Å². The predicted molar refractivity (Wildman–Crippen MR) is 147 cm³/mol. The first-order chi connectivity index (χ1) is 18.4. The lowest BCUT2D eigenvalue weighted by Crippen LogP contribution is -2.67. The van der Waals surface area contributed by atoms with Crippen molar-refractivity contribution in [2.45, 2.75) is 83.3 Å². The van der Waals surface area contributed by atoms with Gasteiger partial charge in [-0.1, -0.05) is 57.2 Å². The van der Waals surface area contributed by atoms with Crippen LogP contribution in [0.15, 0.2) is 47.6 Å². The van der Waals surface area contributed by atoms with Gasteiger partial charge in [0.1, 0.15) is 11.7 Å². The van der Waals surface area contributed by atoms with E-state index in [0.717, 1.165) is 31.2 Å². The van der Waals surface area contributed by atoms with E-state index in [2.05, 4.69) is 26.0 Å². The number of hydrogen-bond acceptors (Lipinski definition) is 6. The first-order valence-corrected chi connectivity index (χ1v) is 14.5. The van der Waals surface area contributed by atoms with Gasteiger partial charge in [0.05, 0.1) is 24.2 Å². The second-order valence-corrected chi connectivity index (χ2v) is 13.5. The van der Waals surface area contributed by atoms with Crippen LogP contribution in [0.3, 0.4) is 0 Å². The molecule has 6 rings (SSSR count). The van der Waals surface area contributed by atoms with E-state index in [9.17, 15) is 25.2 Å². The smallest absolute Gasteiger partial charge is 0.410 e. The number of fused-ring (bicyclic) bond motifs is 4. The van der Waals surface area contributed by atoms with E-state index >= 15 is 0 Å². The Morgan fingerprint density at radius 1 is 1.21 bits per heavy atom. The number of ether oxygens (including phenoxy) is 1. The molecule has 1 amide bonds. The molecule has 7 heteroatoms. The summed E-state index contributed by atoms with van der Waals surface area (Å²) in [5.41, 5.74) is -0.0231. The second kappa shape index (κ2) is 8.90. The lowest BCUT2D eigenvalue weighted by atomic mass is 9.58. The number of aliphatic hydroxyl groups excluding tert-OH is 3. The number of carbonyl (C=O) groups is 1. The molecule has 10 unspecified atom stereocenters. The summed E-state index contributed by atoms with van der Waals surface area (Å²) in [5, 5.41) is 46.9. The first-order valence-electron chi connectivity index (χ1n) is 14.5. The summed E-state index contributed by atoms with van der Waals surface area (Å²) in [5.74, 6) is 0.00779. The number of hydrogen-bond donors (Lipinski definition) is 4. The molecular weight excluding hydrogens is 494 g/mol. The Bertz CT molecular complexity index is 1240. The van der Waals surface area contributed by atoms with Gasteiger partial charge in [0.15, 0.2) is 6.10 Å². The van der Waals surface area contributed by atoms with Crippen molar-refractivity contribution in [1.29, 1.82) is 0 Å². The highest BCUT2D eigenvalue weighted by molar-refractivity contribution is 5.69. The topological polar surface area (TPSA) is 110 Å². The van der Waals surface area contributed by atoms with E-state index in [1.165, 1.54) is 5.56 Å². The van der Waals surface area contributed by atoms with Crippen molar-refractivity contribution >= 4 is 6.09 Å². The average Bonchev–Trinajstić information content (AvgIpc) is 3.41. The van der Waals surface area contributed by atoms with E-state index in [1.54, 1.807) is 24.9 Å². The summed E-state index contributed by atoms with van der Waals surface area (Å²) in [6, 6.07) is 7.99. The standard InChI is InChI=1S/C32H43NO6/c1-17-15-31-18(2)13-23-25(30(23,3)4)22(27(31)36)14-20(16-34)26(35)32(31,38)28(17)39-29(37)33(5)24-12-8-10-19-9-6-7-11-21(19)24/h6-7,9,11,14-15,18,22-28,34-36,38H,8,10,12-13,16H2,1-5H3. The van der Waals surface area contributed by atoms with Crippen LogP contribution in [0, 0.1) is 34.5 Å². The SMILES string of the molecule is CC1=CC23C(C)CC4C(C(C=C(CO)C(O)C2(O)C1OC(=O)N(C)C1CCCc2ccccc21)C3O)C4(C)C. The molecule has 2 fully saturated rings. The minimum absolute atomic E-state index is 0.0220. The van der Waals surface area contributed by atoms with Gasteiger partial charge in [-0.3, -0.25) is 0 Å². The monoisotopic (exact) mass is 537 g/mol. The van der Waals surface area contributed by atoms with Crippen molar-refractivity contribution in [2.75, 3.05) is 13.7 Å². The molecule has 1 aromatic carbocycles. The summed E-state index contributed by atoms with van der Waals surface area (Å²) in [4.78, 5) is 15.3. The highest BCUT2D eigenvalue weighted by Crippen LogP contribution is 2.72. The van der Waals surface area contributed by atoms with Gasteiger partial charge in [0.2, 0.25) is 0 Å². The van der Waals surface area contributed by atoms with Gasteiger partial charge < -0.3 is 30.1 Å². The number of aliphatic hydroxyl groups is 4. The Labute approximate surface area is 231 Å². The van der Waals surface area contributed by atoms with Crippen LogP contribution in [-0.4, -0.2) is 69.0 Å². The number of benzene rings is 1. The molecule has 4 N–H and O–H groups in total. The van der Waals surface area contributed by atoms with Crippen molar-refractivity contribution in [3.05, 3.63) is 58.7 Å². The van der Waals surface area contributed by atoms with Crippen LogP contribution < -0.4 is 0 Å². The fraction of sp³-hybridized carbons (Fsp3) is 0.656. The maximum absolute atomic E-state index is 13.7. The zero-order chi connectivity index (χ0) is 28.1. The number of amides is 1. The summed E-state index contributed by atoms with van der Waals surface area (Å²) in [6.07, 6.45) is 2.94.